The van der Waals surface area contributed by atoms with Crippen molar-refractivity contribution in [3.8, 4) is 0 Å². The van der Waals surface area contributed by atoms with E-state index in [0.717, 1.165) is 0 Å². The highest BCUT2D eigenvalue weighted by molar-refractivity contribution is 5.57. The summed E-state index contributed by atoms with van der Waals surface area (Å²) in [6.07, 6.45) is -4.61. The first-order chi connectivity index (χ1) is 5.82. The van der Waals surface area contributed by atoms with E-state index in [-0.39, 0.29) is 0 Å². The normalized spacial score (nSPS) is 11.7. The molecule has 72 valence electrons. The van der Waals surface area contributed by atoms with Crippen LogP contribution in [0.4, 0.5) is 28.9 Å². The van der Waals surface area contributed by atoms with Crippen LogP contribution in [0.3, 0.4) is 0 Å². The Balaban J connectivity index is 3.32. The molecule has 0 aliphatic heterocycles. The molecule has 0 atom stereocenters. The highest BCUT2D eigenvalue weighted by Gasteiger charge is 2.33. The molecular weight excluding hydrogens is 188 g/mol. The van der Waals surface area contributed by atoms with Crippen molar-refractivity contribution < 1.29 is 17.6 Å². The molecule has 0 bridgehead atoms. The van der Waals surface area contributed by atoms with Gasteiger partial charge in [0, 0.05) is 5.69 Å². The van der Waals surface area contributed by atoms with Crippen LogP contribution in [0, 0.1) is 5.82 Å². The molecule has 1 aromatic carbocycles. The molecule has 1 rings (SSSR count). The van der Waals surface area contributed by atoms with Gasteiger partial charge in [-0.1, -0.05) is 0 Å². The van der Waals surface area contributed by atoms with Gasteiger partial charge in [-0.2, -0.15) is 13.2 Å². The summed E-state index contributed by atoms with van der Waals surface area (Å²) in [6, 6.07) is 1.03. The molecule has 0 aliphatic rings. The van der Waals surface area contributed by atoms with Crippen LogP contribution in [0.25, 0.3) is 0 Å². The zero-order chi connectivity index (χ0) is 10.2. The van der Waals surface area contributed by atoms with Gasteiger partial charge in [0.1, 0.15) is 5.82 Å². The predicted octanol–water partition coefficient (Wildman–Crippen LogP) is 2.01. The van der Waals surface area contributed by atoms with E-state index < -0.39 is 28.9 Å². The standard InChI is InChI=1S/C7H6F4N2/c8-4-2-5(12)3(1-6(4)13)7(9,10)11/h1-2H,12-13H2. The van der Waals surface area contributed by atoms with Gasteiger partial charge in [0.25, 0.3) is 0 Å². The zero-order valence-electron chi connectivity index (χ0n) is 6.32. The lowest BCUT2D eigenvalue weighted by Gasteiger charge is -2.10. The van der Waals surface area contributed by atoms with E-state index in [0.29, 0.717) is 12.1 Å². The fourth-order valence-corrected chi connectivity index (χ4v) is 0.851. The first-order valence-electron chi connectivity index (χ1n) is 3.24. The quantitative estimate of drug-likeness (QED) is 0.490. The Morgan fingerprint density at radius 1 is 1.00 bits per heavy atom. The van der Waals surface area contributed by atoms with Crippen molar-refractivity contribution in [3.63, 3.8) is 0 Å². The molecule has 1 aromatic rings. The highest BCUT2D eigenvalue weighted by Crippen LogP contribution is 2.35. The van der Waals surface area contributed by atoms with Crippen molar-refractivity contribution in [2.45, 2.75) is 6.18 Å². The number of alkyl halides is 3. The van der Waals surface area contributed by atoms with Crippen LogP contribution in [-0.2, 0) is 6.18 Å². The molecule has 0 saturated carbocycles. The van der Waals surface area contributed by atoms with Gasteiger partial charge in [-0.3, -0.25) is 0 Å². The third-order valence-electron chi connectivity index (χ3n) is 1.47. The minimum Gasteiger partial charge on any atom is -0.398 e. The molecule has 0 aliphatic carbocycles. The van der Waals surface area contributed by atoms with E-state index in [4.69, 9.17) is 11.5 Å². The van der Waals surface area contributed by atoms with Crippen molar-refractivity contribution in [1.29, 1.82) is 0 Å². The molecule has 0 amide bonds. The number of nitrogen functional groups attached to an aromatic ring is 2. The number of rotatable bonds is 0. The Morgan fingerprint density at radius 2 is 1.54 bits per heavy atom. The maximum atomic E-state index is 12.6. The van der Waals surface area contributed by atoms with Gasteiger partial charge in [-0.25, -0.2) is 4.39 Å². The average Bonchev–Trinajstić information content (AvgIpc) is 1.94. The monoisotopic (exact) mass is 194 g/mol. The Morgan fingerprint density at radius 3 is 2.00 bits per heavy atom. The molecule has 0 aromatic heterocycles. The SMILES string of the molecule is Nc1cc(C(F)(F)F)c(N)cc1F. The number of hydrogen-bond acceptors (Lipinski definition) is 2. The van der Waals surface area contributed by atoms with Crippen LogP contribution >= 0.6 is 0 Å². The molecule has 0 saturated heterocycles. The van der Waals surface area contributed by atoms with Crippen LogP contribution in [0.2, 0.25) is 0 Å². The van der Waals surface area contributed by atoms with Crippen LogP contribution in [-0.4, -0.2) is 0 Å². The summed E-state index contributed by atoms with van der Waals surface area (Å²) in [4.78, 5) is 0. The summed E-state index contributed by atoms with van der Waals surface area (Å²) < 4.78 is 48.9. The van der Waals surface area contributed by atoms with Crippen molar-refractivity contribution in [2.24, 2.45) is 0 Å². The number of anilines is 2. The third kappa shape index (κ3) is 1.82. The summed E-state index contributed by atoms with van der Waals surface area (Å²) in [5.41, 5.74) is 7.56. The molecular formula is C7H6F4N2. The Bertz CT molecular complexity index is 332. The van der Waals surface area contributed by atoms with E-state index in [1.807, 2.05) is 0 Å². The minimum absolute atomic E-state index is 0.477. The lowest BCUT2D eigenvalue weighted by atomic mass is 10.1. The summed E-state index contributed by atoms with van der Waals surface area (Å²) in [6.45, 7) is 0. The summed E-state index contributed by atoms with van der Waals surface area (Å²) in [5.74, 6) is -0.953. The van der Waals surface area contributed by atoms with Crippen LogP contribution in [0.5, 0.6) is 0 Å². The van der Waals surface area contributed by atoms with Gasteiger partial charge in [0.05, 0.1) is 11.3 Å². The van der Waals surface area contributed by atoms with E-state index >= 15 is 0 Å². The molecule has 6 heteroatoms. The third-order valence-corrected chi connectivity index (χ3v) is 1.47. The number of hydrogen-bond donors (Lipinski definition) is 2. The van der Waals surface area contributed by atoms with Crippen LogP contribution in [0.15, 0.2) is 12.1 Å². The number of nitrogens with two attached hydrogens (primary N) is 2. The van der Waals surface area contributed by atoms with E-state index in [9.17, 15) is 17.6 Å². The zero-order valence-corrected chi connectivity index (χ0v) is 6.32. The van der Waals surface area contributed by atoms with E-state index in [1.165, 1.54) is 0 Å². The molecule has 0 spiro atoms. The van der Waals surface area contributed by atoms with Gasteiger partial charge in [0.2, 0.25) is 0 Å². The molecule has 2 nitrogen and oxygen atoms in total. The first-order valence-corrected chi connectivity index (χ1v) is 3.24. The van der Waals surface area contributed by atoms with Gasteiger partial charge in [0.15, 0.2) is 0 Å². The Kier molecular flexibility index (Phi) is 2.07. The smallest absolute Gasteiger partial charge is 0.398 e. The fraction of sp³-hybridized carbons (Fsp3) is 0.143. The topological polar surface area (TPSA) is 52.0 Å². The molecule has 0 heterocycles. The average molecular weight is 194 g/mol. The molecule has 0 unspecified atom stereocenters. The Labute approximate surface area is 71.1 Å². The number of halogens is 4. The molecule has 4 N–H and O–H groups in total. The maximum Gasteiger partial charge on any atom is 0.418 e. The Hall–Kier alpha value is -1.46. The van der Waals surface area contributed by atoms with Crippen molar-refractivity contribution in [2.75, 3.05) is 11.5 Å². The van der Waals surface area contributed by atoms with Crippen molar-refractivity contribution >= 4 is 11.4 Å². The second-order valence-corrected chi connectivity index (χ2v) is 2.46. The first kappa shape index (κ1) is 9.63. The van der Waals surface area contributed by atoms with Crippen LogP contribution < -0.4 is 11.5 Å². The lowest BCUT2D eigenvalue weighted by Crippen LogP contribution is -2.10. The van der Waals surface area contributed by atoms with E-state index in [2.05, 4.69) is 0 Å². The summed E-state index contributed by atoms with van der Waals surface area (Å²) in [7, 11) is 0. The molecule has 0 radical (unpaired) electrons. The van der Waals surface area contributed by atoms with Gasteiger partial charge >= 0.3 is 6.18 Å². The summed E-state index contributed by atoms with van der Waals surface area (Å²) >= 11 is 0. The minimum atomic E-state index is -4.61. The predicted molar refractivity (Wildman–Crippen MR) is 40.2 cm³/mol. The second kappa shape index (κ2) is 2.79. The van der Waals surface area contributed by atoms with Crippen molar-refractivity contribution in [1.82, 2.24) is 0 Å². The highest BCUT2D eigenvalue weighted by atomic mass is 19.4. The lowest BCUT2D eigenvalue weighted by molar-refractivity contribution is -0.136. The largest absolute Gasteiger partial charge is 0.418 e. The van der Waals surface area contributed by atoms with Gasteiger partial charge in [-0.15, -0.1) is 0 Å². The maximum absolute atomic E-state index is 12.6. The van der Waals surface area contributed by atoms with E-state index in [1.54, 1.807) is 0 Å². The molecule has 0 fully saturated rings. The summed E-state index contributed by atoms with van der Waals surface area (Å²) in [5, 5.41) is 0. The number of benzene rings is 1. The molecule has 13 heavy (non-hydrogen) atoms. The fourth-order valence-electron chi connectivity index (χ4n) is 0.851. The van der Waals surface area contributed by atoms with Crippen molar-refractivity contribution in [3.05, 3.63) is 23.5 Å². The van der Waals surface area contributed by atoms with Gasteiger partial charge < -0.3 is 11.5 Å². The van der Waals surface area contributed by atoms with Gasteiger partial charge in [-0.05, 0) is 12.1 Å². The van der Waals surface area contributed by atoms with Crippen LogP contribution in [0.1, 0.15) is 5.56 Å². The second-order valence-electron chi connectivity index (χ2n) is 2.46.